The van der Waals surface area contributed by atoms with Gasteiger partial charge in [0.1, 0.15) is 0 Å². The Hall–Kier alpha value is -2.69. The van der Waals surface area contributed by atoms with Crippen LogP contribution in [0.4, 0.5) is 5.69 Å². The number of aromatic nitrogens is 1. The van der Waals surface area contributed by atoms with Gasteiger partial charge in [0.2, 0.25) is 0 Å². The van der Waals surface area contributed by atoms with Gasteiger partial charge in [-0.1, -0.05) is 43.7 Å². The Morgan fingerprint density at radius 2 is 1.96 bits per heavy atom. The average Bonchev–Trinajstić information content (AvgIpc) is 2.67. The summed E-state index contributed by atoms with van der Waals surface area (Å²) >= 11 is 0. The maximum Gasteiger partial charge on any atom is 0.313 e. The Bertz CT molecular complexity index is 776. The first-order chi connectivity index (χ1) is 12.6. The van der Waals surface area contributed by atoms with Crippen molar-refractivity contribution in [3.63, 3.8) is 0 Å². The number of hydrogen-bond acceptors (Lipinski definition) is 3. The number of pyridine rings is 1. The first-order valence-electron chi connectivity index (χ1n) is 9.17. The first kappa shape index (κ1) is 18.1. The lowest BCUT2D eigenvalue weighted by atomic mass is 9.87. The summed E-state index contributed by atoms with van der Waals surface area (Å²) in [6, 6.07) is 11.7. The van der Waals surface area contributed by atoms with Crippen LogP contribution in [0.1, 0.15) is 43.4 Å². The predicted octanol–water partition coefficient (Wildman–Crippen LogP) is 3.72. The summed E-state index contributed by atoms with van der Waals surface area (Å²) in [6.07, 6.45) is 6.23. The van der Waals surface area contributed by atoms with Gasteiger partial charge in [0.15, 0.2) is 0 Å². The lowest BCUT2D eigenvalue weighted by Crippen LogP contribution is -2.46. The molecule has 2 heterocycles. The molecule has 0 aliphatic carbocycles. The van der Waals surface area contributed by atoms with Gasteiger partial charge < -0.3 is 10.2 Å². The summed E-state index contributed by atoms with van der Waals surface area (Å²) in [6.45, 7) is 4.65. The van der Waals surface area contributed by atoms with Gasteiger partial charge in [-0.25, -0.2) is 0 Å². The fourth-order valence-electron chi connectivity index (χ4n) is 3.56. The van der Waals surface area contributed by atoms with Crippen molar-refractivity contribution in [2.24, 2.45) is 5.92 Å². The first-order valence-corrected chi connectivity index (χ1v) is 9.17. The Balaban J connectivity index is 1.79. The highest BCUT2D eigenvalue weighted by Crippen LogP contribution is 2.34. The van der Waals surface area contributed by atoms with E-state index >= 15 is 0 Å². The number of piperidine rings is 1. The van der Waals surface area contributed by atoms with Crippen molar-refractivity contribution in [2.75, 3.05) is 11.9 Å². The number of hydrogen-bond donors (Lipinski definition) is 1. The van der Waals surface area contributed by atoms with Crippen molar-refractivity contribution in [1.29, 1.82) is 0 Å². The van der Waals surface area contributed by atoms with Crippen LogP contribution in [0.5, 0.6) is 0 Å². The van der Waals surface area contributed by atoms with Gasteiger partial charge in [-0.2, -0.15) is 0 Å². The Kier molecular flexibility index (Phi) is 5.66. The van der Waals surface area contributed by atoms with Crippen LogP contribution in [0, 0.1) is 12.8 Å². The summed E-state index contributed by atoms with van der Waals surface area (Å²) in [5, 5.41) is 2.69. The third-order valence-electron chi connectivity index (χ3n) is 5.03. The molecule has 26 heavy (non-hydrogen) atoms. The molecule has 1 saturated heterocycles. The second-order valence-electron chi connectivity index (χ2n) is 6.94. The minimum absolute atomic E-state index is 0.0483. The molecule has 2 amide bonds. The second kappa shape index (κ2) is 8.13. The van der Waals surface area contributed by atoms with Crippen molar-refractivity contribution in [1.82, 2.24) is 9.88 Å². The number of aryl methyl sites for hydroxylation is 1. The molecule has 1 aromatic carbocycles. The summed E-state index contributed by atoms with van der Waals surface area (Å²) in [5.41, 5.74) is 2.56. The maximum atomic E-state index is 12.9. The third-order valence-corrected chi connectivity index (χ3v) is 5.03. The highest BCUT2D eigenvalue weighted by Gasteiger charge is 2.34. The molecule has 5 nitrogen and oxygen atoms in total. The van der Waals surface area contributed by atoms with Crippen LogP contribution in [-0.2, 0) is 9.59 Å². The molecular formula is C21H25N3O2. The molecule has 0 bridgehead atoms. The number of benzene rings is 1. The number of nitrogens with one attached hydrogen (secondary N) is 1. The van der Waals surface area contributed by atoms with Crippen LogP contribution in [0.3, 0.4) is 0 Å². The van der Waals surface area contributed by atoms with Crippen molar-refractivity contribution in [3.8, 4) is 0 Å². The van der Waals surface area contributed by atoms with Crippen LogP contribution in [-0.4, -0.2) is 28.2 Å². The Morgan fingerprint density at radius 1 is 1.19 bits per heavy atom. The maximum absolute atomic E-state index is 12.9. The molecule has 2 atom stereocenters. The fourth-order valence-corrected chi connectivity index (χ4v) is 3.56. The molecule has 0 unspecified atom stereocenters. The number of likely N-dealkylation sites (tertiary alicyclic amines) is 1. The lowest BCUT2D eigenvalue weighted by Gasteiger charge is -2.39. The van der Waals surface area contributed by atoms with E-state index in [1.54, 1.807) is 23.4 Å². The second-order valence-corrected chi connectivity index (χ2v) is 6.94. The van der Waals surface area contributed by atoms with E-state index in [0.717, 1.165) is 30.4 Å². The lowest BCUT2D eigenvalue weighted by molar-refractivity contribution is -0.146. The van der Waals surface area contributed by atoms with E-state index in [2.05, 4.69) is 17.2 Å². The molecule has 1 aliphatic rings. The van der Waals surface area contributed by atoms with Crippen LogP contribution in [0.25, 0.3) is 0 Å². The zero-order valence-corrected chi connectivity index (χ0v) is 15.3. The minimum Gasteiger partial charge on any atom is -0.327 e. The molecule has 1 fully saturated rings. The Labute approximate surface area is 154 Å². The van der Waals surface area contributed by atoms with Crippen molar-refractivity contribution >= 4 is 17.5 Å². The molecule has 2 aromatic rings. The van der Waals surface area contributed by atoms with Crippen LogP contribution < -0.4 is 5.32 Å². The quantitative estimate of drug-likeness (QED) is 0.857. The van der Waals surface area contributed by atoms with Gasteiger partial charge in [-0.15, -0.1) is 0 Å². The number of amides is 2. The average molecular weight is 351 g/mol. The fraction of sp³-hybridized carbons (Fsp3) is 0.381. The van der Waals surface area contributed by atoms with Gasteiger partial charge in [0.25, 0.3) is 0 Å². The standard InChI is InChI=1S/C21H25N3O2/c1-3-16-9-10-19(17-7-5-4-6-8-17)24(14-16)21(26)20(25)23-18-11-15(2)12-22-13-18/h4-8,11-13,16,19H,3,9-10,14H2,1-2H3,(H,23,25)/t16-,19-/m0/s1. The number of anilines is 1. The Morgan fingerprint density at radius 3 is 2.65 bits per heavy atom. The van der Waals surface area contributed by atoms with Gasteiger partial charge in [-0.3, -0.25) is 14.6 Å². The van der Waals surface area contributed by atoms with E-state index in [1.807, 2.05) is 37.3 Å². The number of rotatable bonds is 3. The molecular weight excluding hydrogens is 326 g/mol. The van der Waals surface area contributed by atoms with Crippen LogP contribution >= 0.6 is 0 Å². The monoisotopic (exact) mass is 351 g/mol. The van der Waals surface area contributed by atoms with Gasteiger partial charge in [0, 0.05) is 12.7 Å². The summed E-state index contributed by atoms with van der Waals surface area (Å²) < 4.78 is 0. The summed E-state index contributed by atoms with van der Waals surface area (Å²) in [5.74, 6) is -0.638. The molecule has 1 N–H and O–H groups in total. The van der Waals surface area contributed by atoms with Gasteiger partial charge in [-0.05, 0) is 42.9 Å². The topological polar surface area (TPSA) is 62.3 Å². The van der Waals surface area contributed by atoms with Crippen LogP contribution in [0.15, 0.2) is 48.8 Å². The van der Waals surface area contributed by atoms with E-state index in [0.29, 0.717) is 18.2 Å². The molecule has 0 radical (unpaired) electrons. The van der Waals surface area contributed by atoms with E-state index < -0.39 is 11.8 Å². The highest BCUT2D eigenvalue weighted by atomic mass is 16.2. The number of nitrogens with zero attached hydrogens (tertiary/aromatic N) is 2. The van der Waals surface area contributed by atoms with E-state index in [9.17, 15) is 9.59 Å². The van der Waals surface area contributed by atoms with Gasteiger partial charge in [0.05, 0.1) is 17.9 Å². The smallest absolute Gasteiger partial charge is 0.313 e. The van der Waals surface area contributed by atoms with Crippen molar-refractivity contribution < 1.29 is 9.59 Å². The van der Waals surface area contributed by atoms with Crippen LogP contribution in [0.2, 0.25) is 0 Å². The number of carbonyl (C=O) groups is 2. The molecule has 3 rings (SSSR count). The molecule has 5 heteroatoms. The third kappa shape index (κ3) is 4.10. The zero-order chi connectivity index (χ0) is 18.5. The van der Waals surface area contributed by atoms with E-state index in [4.69, 9.17) is 0 Å². The molecule has 0 spiro atoms. The molecule has 0 saturated carbocycles. The molecule has 1 aromatic heterocycles. The number of carbonyl (C=O) groups excluding carboxylic acids is 2. The molecule has 136 valence electrons. The van der Waals surface area contributed by atoms with E-state index in [1.165, 1.54) is 0 Å². The van der Waals surface area contributed by atoms with E-state index in [-0.39, 0.29) is 6.04 Å². The highest BCUT2D eigenvalue weighted by molar-refractivity contribution is 6.39. The van der Waals surface area contributed by atoms with Gasteiger partial charge >= 0.3 is 11.8 Å². The van der Waals surface area contributed by atoms with Crippen molar-refractivity contribution in [2.45, 2.75) is 39.2 Å². The minimum atomic E-state index is -0.602. The molecule has 1 aliphatic heterocycles. The predicted molar refractivity (Wildman–Crippen MR) is 102 cm³/mol. The normalized spacial score (nSPS) is 19.8. The summed E-state index contributed by atoms with van der Waals surface area (Å²) in [7, 11) is 0. The zero-order valence-electron chi connectivity index (χ0n) is 15.3. The summed E-state index contributed by atoms with van der Waals surface area (Å²) in [4.78, 5) is 31.3. The van der Waals surface area contributed by atoms with Crippen molar-refractivity contribution in [3.05, 3.63) is 59.9 Å². The SMILES string of the molecule is CC[C@H]1CC[C@@H](c2ccccc2)N(C(=O)C(=O)Nc2cncc(C)c2)C1. The largest absolute Gasteiger partial charge is 0.327 e.